The van der Waals surface area contributed by atoms with Crippen molar-refractivity contribution < 1.29 is 4.79 Å². The highest BCUT2D eigenvalue weighted by Gasteiger charge is 2.13. The third kappa shape index (κ3) is 4.45. The minimum absolute atomic E-state index is 0.271. The first kappa shape index (κ1) is 15.2. The Balaban J connectivity index is 1.81. The lowest BCUT2D eigenvalue weighted by atomic mass is 10.00. The standard InChI is InChI=1S/C18H27NO/c1-14-9-10-15(2)17(13-14)18(20)11-12-19-16-7-5-3-4-6-8-16/h9-10,13,16,19H,3-8,11-12H2,1-2H3. The van der Waals surface area contributed by atoms with Gasteiger partial charge >= 0.3 is 0 Å². The van der Waals surface area contributed by atoms with Gasteiger partial charge < -0.3 is 5.32 Å². The molecular formula is C18H27NO. The molecule has 2 nitrogen and oxygen atoms in total. The average molecular weight is 273 g/mol. The zero-order valence-electron chi connectivity index (χ0n) is 12.9. The molecule has 0 heterocycles. The Bertz CT molecular complexity index is 445. The van der Waals surface area contributed by atoms with Crippen LogP contribution in [0, 0.1) is 13.8 Å². The number of carbonyl (C=O) groups is 1. The predicted molar refractivity (Wildman–Crippen MR) is 84.4 cm³/mol. The molecule has 2 heteroatoms. The number of carbonyl (C=O) groups excluding carboxylic acids is 1. The fourth-order valence-corrected chi connectivity index (χ4v) is 3.04. The summed E-state index contributed by atoms with van der Waals surface area (Å²) in [5.41, 5.74) is 3.15. The van der Waals surface area contributed by atoms with Crippen LogP contribution in [0.25, 0.3) is 0 Å². The molecule has 1 fully saturated rings. The molecule has 0 aliphatic heterocycles. The summed E-state index contributed by atoms with van der Waals surface area (Å²) in [5.74, 6) is 0.271. The van der Waals surface area contributed by atoms with E-state index in [-0.39, 0.29) is 5.78 Å². The van der Waals surface area contributed by atoms with Crippen LogP contribution in [-0.4, -0.2) is 18.4 Å². The average Bonchev–Trinajstić information content (AvgIpc) is 2.70. The lowest BCUT2D eigenvalue weighted by Gasteiger charge is -2.16. The number of hydrogen-bond donors (Lipinski definition) is 1. The third-order valence-electron chi connectivity index (χ3n) is 4.33. The highest BCUT2D eigenvalue weighted by Crippen LogP contribution is 2.17. The number of nitrogens with one attached hydrogen (secondary N) is 1. The lowest BCUT2D eigenvalue weighted by Crippen LogP contribution is -2.30. The first-order valence-corrected chi connectivity index (χ1v) is 8.00. The Morgan fingerprint density at radius 2 is 1.85 bits per heavy atom. The van der Waals surface area contributed by atoms with Gasteiger partial charge in [-0.3, -0.25) is 4.79 Å². The van der Waals surface area contributed by atoms with Crippen LogP contribution in [0.4, 0.5) is 0 Å². The van der Waals surface area contributed by atoms with Gasteiger partial charge in [0, 0.05) is 24.6 Å². The van der Waals surface area contributed by atoms with Gasteiger partial charge in [-0.2, -0.15) is 0 Å². The molecule has 1 aromatic carbocycles. The van der Waals surface area contributed by atoms with Crippen molar-refractivity contribution in [3.63, 3.8) is 0 Å². The zero-order valence-corrected chi connectivity index (χ0v) is 12.9. The van der Waals surface area contributed by atoms with Crippen molar-refractivity contribution in [2.45, 2.75) is 64.8 Å². The summed E-state index contributed by atoms with van der Waals surface area (Å²) in [5, 5.41) is 3.58. The highest BCUT2D eigenvalue weighted by atomic mass is 16.1. The van der Waals surface area contributed by atoms with Crippen molar-refractivity contribution in [3.8, 4) is 0 Å². The summed E-state index contributed by atoms with van der Waals surface area (Å²) in [6, 6.07) is 6.75. The van der Waals surface area contributed by atoms with E-state index in [1.165, 1.54) is 38.5 Å². The van der Waals surface area contributed by atoms with E-state index in [9.17, 15) is 4.79 Å². The largest absolute Gasteiger partial charge is 0.314 e. The molecule has 2 rings (SSSR count). The second-order valence-electron chi connectivity index (χ2n) is 6.13. The third-order valence-corrected chi connectivity index (χ3v) is 4.33. The number of hydrogen-bond acceptors (Lipinski definition) is 2. The fraction of sp³-hybridized carbons (Fsp3) is 0.611. The van der Waals surface area contributed by atoms with E-state index in [2.05, 4.69) is 11.4 Å². The summed E-state index contributed by atoms with van der Waals surface area (Å²) < 4.78 is 0. The minimum atomic E-state index is 0.271. The summed E-state index contributed by atoms with van der Waals surface area (Å²) in [6.07, 6.45) is 8.58. The van der Waals surface area contributed by atoms with Gasteiger partial charge in [-0.25, -0.2) is 0 Å². The number of aryl methyl sites for hydroxylation is 2. The van der Waals surface area contributed by atoms with Crippen LogP contribution in [0.3, 0.4) is 0 Å². The molecule has 0 aromatic heterocycles. The van der Waals surface area contributed by atoms with E-state index in [0.29, 0.717) is 12.5 Å². The smallest absolute Gasteiger partial charge is 0.164 e. The normalized spacial score (nSPS) is 16.9. The van der Waals surface area contributed by atoms with E-state index in [0.717, 1.165) is 23.2 Å². The van der Waals surface area contributed by atoms with Crippen LogP contribution in [0.1, 0.15) is 66.4 Å². The van der Waals surface area contributed by atoms with E-state index < -0.39 is 0 Å². The Morgan fingerprint density at radius 3 is 2.55 bits per heavy atom. The summed E-state index contributed by atoms with van der Waals surface area (Å²) in [4.78, 5) is 12.3. The monoisotopic (exact) mass is 273 g/mol. The molecular weight excluding hydrogens is 246 g/mol. The van der Waals surface area contributed by atoms with Crippen LogP contribution in [0.2, 0.25) is 0 Å². The Hall–Kier alpha value is -1.15. The number of ketones is 1. The molecule has 20 heavy (non-hydrogen) atoms. The van der Waals surface area contributed by atoms with Crippen LogP contribution in [0.15, 0.2) is 18.2 Å². The molecule has 0 radical (unpaired) electrons. The van der Waals surface area contributed by atoms with Crippen LogP contribution >= 0.6 is 0 Å². The number of benzene rings is 1. The van der Waals surface area contributed by atoms with Crippen molar-refractivity contribution in [2.75, 3.05) is 6.54 Å². The highest BCUT2D eigenvalue weighted by molar-refractivity contribution is 5.97. The van der Waals surface area contributed by atoms with Gasteiger partial charge in [0.2, 0.25) is 0 Å². The van der Waals surface area contributed by atoms with Gasteiger partial charge in [-0.05, 0) is 38.3 Å². The lowest BCUT2D eigenvalue weighted by molar-refractivity contribution is 0.0980. The number of Topliss-reactive ketones (excluding diaryl/α,β-unsaturated/α-hetero) is 1. The first-order chi connectivity index (χ1) is 9.66. The van der Waals surface area contributed by atoms with Crippen LogP contribution in [-0.2, 0) is 0 Å². The van der Waals surface area contributed by atoms with Gasteiger partial charge in [0.25, 0.3) is 0 Å². The van der Waals surface area contributed by atoms with Crippen molar-refractivity contribution in [1.29, 1.82) is 0 Å². The van der Waals surface area contributed by atoms with Gasteiger partial charge in [0.05, 0.1) is 0 Å². The zero-order chi connectivity index (χ0) is 14.4. The number of rotatable bonds is 5. The molecule has 110 valence electrons. The molecule has 1 aliphatic carbocycles. The van der Waals surface area contributed by atoms with E-state index in [1.807, 2.05) is 26.0 Å². The summed E-state index contributed by atoms with van der Waals surface area (Å²) in [6.45, 7) is 4.88. The van der Waals surface area contributed by atoms with E-state index in [4.69, 9.17) is 0 Å². The topological polar surface area (TPSA) is 29.1 Å². The maximum atomic E-state index is 12.3. The van der Waals surface area contributed by atoms with Gasteiger partial charge in [0.1, 0.15) is 0 Å². The Morgan fingerprint density at radius 1 is 1.15 bits per heavy atom. The summed E-state index contributed by atoms with van der Waals surface area (Å²) >= 11 is 0. The van der Waals surface area contributed by atoms with Crippen LogP contribution in [0.5, 0.6) is 0 Å². The molecule has 1 aromatic rings. The first-order valence-electron chi connectivity index (χ1n) is 8.00. The van der Waals surface area contributed by atoms with Crippen molar-refractivity contribution in [2.24, 2.45) is 0 Å². The quantitative estimate of drug-likeness (QED) is 0.644. The van der Waals surface area contributed by atoms with Crippen molar-refractivity contribution in [3.05, 3.63) is 34.9 Å². The van der Waals surface area contributed by atoms with Crippen molar-refractivity contribution in [1.82, 2.24) is 5.32 Å². The summed E-state index contributed by atoms with van der Waals surface area (Å²) in [7, 11) is 0. The molecule has 1 saturated carbocycles. The molecule has 0 atom stereocenters. The molecule has 1 N–H and O–H groups in total. The predicted octanol–water partition coefficient (Wildman–Crippen LogP) is 4.19. The molecule has 1 aliphatic rings. The van der Waals surface area contributed by atoms with Gasteiger partial charge in [-0.15, -0.1) is 0 Å². The fourth-order valence-electron chi connectivity index (χ4n) is 3.04. The SMILES string of the molecule is Cc1ccc(C)c(C(=O)CCNC2CCCCCC2)c1. The van der Waals surface area contributed by atoms with E-state index >= 15 is 0 Å². The molecule has 0 unspecified atom stereocenters. The van der Waals surface area contributed by atoms with E-state index in [1.54, 1.807) is 0 Å². The molecule has 0 amide bonds. The molecule has 0 bridgehead atoms. The maximum Gasteiger partial charge on any atom is 0.164 e. The molecule has 0 spiro atoms. The maximum absolute atomic E-state index is 12.3. The Labute approximate surface area is 123 Å². The van der Waals surface area contributed by atoms with Gasteiger partial charge in [0.15, 0.2) is 5.78 Å². The van der Waals surface area contributed by atoms with Gasteiger partial charge in [-0.1, -0.05) is 43.4 Å². The second-order valence-corrected chi connectivity index (χ2v) is 6.13. The molecule has 0 saturated heterocycles. The Kier molecular flexibility index (Phi) is 5.78. The minimum Gasteiger partial charge on any atom is -0.314 e. The van der Waals surface area contributed by atoms with Crippen molar-refractivity contribution >= 4 is 5.78 Å². The second kappa shape index (κ2) is 7.58. The van der Waals surface area contributed by atoms with Crippen LogP contribution < -0.4 is 5.32 Å².